The maximum atomic E-state index is 12.5. The first-order valence-electron chi connectivity index (χ1n) is 7.84. The van der Waals surface area contributed by atoms with Gasteiger partial charge in [-0.05, 0) is 37.1 Å². The van der Waals surface area contributed by atoms with E-state index in [4.69, 9.17) is 38.4 Å². The Hall–Kier alpha value is -1.77. The Bertz CT molecular complexity index is 766. The van der Waals surface area contributed by atoms with E-state index in [1.165, 1.54) is 23.8 Å². The van der Waals surface area contributed by atoms with Crippen molar-refractivity contribution in [3.05, 3.63) is 27.6 Å². The van der Waals surface area contributed by atoms with Crippen LogP contribution >= 0.6 is 35.6 Å². The number of nitrogens with zero attached hydrogens (tertiary/aromatic N) is 1. The molecule has 1 aromatic rings. The first kappa shape index (κ1) is 20.5. The number of halogens is 1. The molecule has 1 aliphatic rings. The molecular formula is C17H18ClNO5S2. The second-order valence-corrected chi connectivity index (χ2v) is 7.38. The fourth-order valence-electron chi connectivity index (χ4n) is 2.36. The molecule has 0 aromatic heterocycles. The SMILES string of the molecule is CCOc1cc(/C=C2\SC(=S)N(CCCC(=O)O)C2=O)cc(Cl)c1OC. The van der Waals surface area contributed by atoms with E-state index in [-0.39, 0.29) is 18.9 Å². The molecule has 0 saturated carbocycles. The Balaban J connectivity index is 2.23. The van der Waals surface area contributed by atoms with Gasteiger partial charge >= 0.3 is 5.97 Å². The van der Waals surface area contributed by atoms with Crippen molar-refractivity contribution < 1.29 is 24.2 Å². The number of methoxy groups -OCH3 is 1. The van der Waals surface area contributed by atoms with Crippen molar-refractivity contribution in [3.63, 3.8) is 0 Å². The van der Waals surface area contributed by atoms with Gasteiger partial charge in [-0.2, -0.15) is 0 Å². The summed E-state index contributed by atoms with van der Waals surface area (Å²) in [6, 6.07) is 3.42. The van der Waals surface area contributed by atoms with Crippen LogP contribution in [0.3, 0.4) is 0 Å². The summed E-state index contributed by atoms with van der Waals surface area (Å²) in [6.45, 7) is 2.58. The first-order chi connectivity index (χ1) is 12.4. The molecular weight excluding hydrogens is 398 g/mol. The zero-order valence-electron chi connectivity index (χ0n) is 14.3. The third-order valence-corrected chi connectivity index (χ3v) is 5.14. The monoisotopic (exact) mass is 415 g/mol. The van der Waals surface area contributed by atoms with Crippen LogP contribution in [0.15, 0.2) is 17.0 Å². The summed E-state index contributed by atoms with van der Waals surface area (Å²) in [6.07, 6.45) is 2.02. The predicted octanol–water partition coefficient (Wildman–Crippen LogP) is 3.81. The van der Waals surface area contributed by atoms with Crippen molar-refractivity contribution in [2.24, 2.45) is 0 Å². The van der Waals surface area contributed by atoms with Gasteiger partial charge in [0, 0.05) is 13.0 Å². The van der Waals surface area contributed by atoms with Crippen molar-refractivity contribution in [2.75, 3.05) is 20.3 Å². The minimum absolute atomic E-state index is 0.0120. The maximum absolute atomic E-state index is 12.5. The van der Waals surface area contributed by atoms with Gasteiger partial charge in [-0.3, -0.25) is 14.5 Å². The molecule has 0 radical (unpaired) electrons. The van der Waals surface area contributed by atoms with E-state index < -0.39 is 5.97 Å². The van der Waals surface area contributed by atoms with Gasteiger partial charge in [-0.25, -0.2) is 0 Å². The quantitative estimate of drug-likeness (QED) is 0.511. The Morgan fingerprint density at radius 3 is 2.81 bits per heavy atom. The number of carbonyl (C=O) groups excluding carboxylic acids is 1. The largest absolute Gasteiger partial charge is 0.491 e. The van der Waals surface area contributed by atoms with Crippen molar-refractivity contribution in [1.82, 2.24) is 4.90 Å². The number of ether oxygens (including phenoxy) is 2. The zero-order chi connectivity index (χ0) is 19.3. The van der Waals surface area contributed by atoms with E-state index in [0.717, 1.165) is 0 Å². The van der Waals surface area contributed by atoms with Crippen molar-refractivity contribution in [1.29, 1.82) is 0 Å². The van der Waals surface area contributed by atoms with Crippen LogP contribution in [0, 0.1) is 0 Å². The van der Waals surface area contributed by atoms with Crippen molar-refractivity contribution >= 4 is 57.9 Å². The van der Waals surface area contributed by atoms with E-state index in [1.807, 2.05) is 6.92 Å². The summed E-state index contributed by atoms with van der Waals surface area (Å²) in [5, 5.41) is 9.09. The normalized spacial score (nSPS) is 15.7. The number of rotatable bonds is 8. The van der Waals surface area contributed by atoms with Crippen LogP contribution in [-0.4, -0.2) is 46.5 Å². The average molecular weight is 416 g/mol. The molecule has 9 heteroatoms. The summed E-state index contributed by atoms with van der Waals surface area (Å²) < 4.78 is 11.2. The van der Waals surface area contributed by atoms with Crippen LogP contribution in [0.5, 0.6) is 11.5 Å². The molecule has 1 amide bonds. The Kier molecular flexibility index (Phi) is 7.31. The number of carboxylic acid groups (broad SMARTS) is 1. The summed E-state index contributed by atoms with van der Waals surface area (Å²) in [4.78, 5) is 25.0. The molecule has 1 aromatic carbocycles. The van der Waals surface area contributed by atoms with Gasteiger partial charge in [0.15, 0.2) is 11.5 Å². The summed E-state index contributed by atoms with van der Waals surface area (Å²) in [7, 11) is 1.51. The van der Waals surface area contributed by atoms with Gasteiger partial charge in [-0.15, -0.1) is 0 Å². The Labute approximate surface area is 166 Å². The minimum atomic E-state index is -0.901. The minimum Gasteiger partial charge on any atom is -0.491 e. The molecule has 0 bridgehead atoms. The number of thioether (sulfide) groups is 1. The lowest BCUT2D eigenvalue weighted by molar-refractivity contribution is -0.137. The van der Waals surface area contributed by atoms with Crippen LogP contribution in [0.25, 0.3) is 6.08 Å². The molecule has 1 N–H and O–H groups in total. The molecule has 1 heterocycles. The number of benzene rings is 1. The van der Waals surface area contributed by atoms with E-state index in [0.29, 0.717) is 44.3 Å². The summed E-state index contributed by atoms with van der Waals surface area (Å²) in [5.41, 5.74) is 0.685. The highest BCUT2D eigenvalue weighted by molar-refractivity contribution is 8.26. The summed E-state index contributed by atoms with van der Waals surface area (Å²) >= 11 is 12.6. The van der Waals surface area contributed by atoms with Gasteiger partial charge in [0.05, 0.1) is 23.6 Å². The van der Waals surface area contributed by atoms with E-state index >= 15 is 0 Å². The molecule has 6 nitrogen and oxygen atoms in total. The van der Waals surface area contributed by atoms with E-state index in [9.17, 15) is 9.59 Å². The van der Waals surface area contributed by atoms with Crippen molar-refractivity contribution in [2.45, 2.75) is 19.8 Å². The molecule has 140 valence electrons. The number of thiocarbonyl (C=S) groups is 1. The summed E-state index contributed by atoms with van der Waals surface area (Å²) in [5.74, 6) is -0.213. The maximum Gasteiger partial charge on any atom is 0.303 e. The van der Waals surface area contributed by atoms with Gasteiger partial charge < -0.3 is 14.6 Å². The second kappa shape index (κ2) is 9.25. The fourth-order valence-corrected chi connectivity index (χ4v) is 3.97. The predicted molar refractivity (Wildman–Crippen MR) is 106 cm³/mol. The molecule has 2 rings (SSSR count). The Morgan fingerprint density at radius 1 is 1.46 bits per heavy atom. The number of carbonyl (C=O) groups is 2. The van der Waals surface area contributed by atoms with E-state index in [1.54, 1.807) is 18.2 Å². The lowest BCUT2D eigenvalue weighted by Gasteiger charge is -2.13. The van der Waals surface area contributed by atoms with Gasteiger partial charge in [0.1, 0.15) is 4.32 Å². The number of hydrogen-bond acceptors (Lipinski definition) is 6. The highest BCUT2D eigenvalue weighted by Crippen LogP contribution is 2.39. The topological polar surface area (TPSA) is 76.1 Å². The standard InChI is InChI=1S/C17H18ClNO5S2/c1-3-24-12-8-10(7-11(18)15(12)23-2)9-13-16(22)19(17(25)26-13)6-4-5-14(20)21/h7-9H,3-6H2,1-2H3,(H,20,21)/b13-9-. The van der Waals surface area contributed by atoms with Crippen molar-refractivity contribution in [3.8, 4) is 11.5 Å². The van der Waals surface area contributed by atoms with Crippen LogP contribution in [-0.2, 0) is 9.59 Å². The van der Waals surface area contributed by atoms with Gasteiger partial charge in [0.2, 0.25) is 0 Å². The third-order valence-electron chi connectivity index (χ3n) is 3.48. The molecule has 0 spiro atoms. The van der Waals surface area contributed by atoms with Crippen LogP contribution in [0.4, 0.5) is 0 Å². The smallest absolute Gasteiger partial charge is 0.303 e. The molecule has 0 unspecified atom stereocenters. The molecule has 26 heavy (non-hydrogen) atoms. The first-order valence-corrected chi connectivity index (χ1v) is 9.45. The lowest BCUT2D eigenvalue weighted by Crippen LogP contribution is -2.29. The molecule has 1 saturated heterocycles. The number of aliphatic carboxylic acids is 1. The van der Waals surface area contributed by atoms with Crippen LogP contribution < -0.4 is 9.47 Å². The Morgan fingerprint density at radius 2 is 2.19 bits per heavy atom. The van der Waals surface area contributed by atoms with Crippen LogP contribution in [0.2, 0.25) is 5.02 Å². The zero-order valence-corrected chi connectivity index (χ0v) is 16.7. The van der Waals surface area contributed by atoms with Gasteiger partial charge in [0.25, 0.3) is 5.91 Å². The highest BCUT2D eigenvalue weighted by atomic mass is 35.5. The highest BCUT2D eigenvalue weighted by Gasteiger charge is 2.31. The van der Waals surface area contributed by atoms with E-state index in [2.05, 4.69) is 0 Å². The van der Waals surface area contributed by atoms with Gasteiger partial charge in [-0.1, -0.05) is 35.6 Å². The molecule has 1 aliphatic heterocycles. The number of carboxylic acids is 1. The second-order valence-electron chi connectivity index (χ2n) is 5.30. The van der Waals surface area contributed by atoms with Crippen LogP contribution in [0.1, 0.15) is 25.3 Å². The molecule has 0 atom stereocenters. The molecule has 0 aliphatic carbocycles. The number of hydrogen-bond donors (Lipinski definition) is 1. The lowest BCUT2D eigenvalue weighted by atomic mass is 10.1. The average Bonchev–Trinajstić information content (AvgIpc) is 2.82. The number of amides is 1. The third kappa shape index (κ3) is 4.90. The molecule has 1 fully saturated rings. The fraction of sp³-hybridized carbons (Fsp3) is 0.353.